The van der Waals surface area contributed by atoms with Crippen molar-refractivity contribution in [3.63, 3.8) is 0 Å². The van der Waals surface area contributed by atoms with E-state index in [1.54, 1.807) is 0 Å². The number of hydrogen-bond donors (Lipinski definition) is 1. The molecular weight excluding hydrogens is 407 g/mol. The molecule has 3 aromatic rings. The van der Waals surface area contributed by atoms with Gasteiger partial charge in [-0.2, -0.15) is 0 Å². The van der Waals surface area contributed by atoms with Crippen LogP contribution in [0, 0.1) is 7.14 Å². The second-order valence-corrected chi connectivity index (χ2v) is 12.9. The summed E-state index contributed by atoms with van der Waals surface area (Å²) in [5.74, 6) is 0. The molecule has 3 heteroatoms. The summed E-state index contributed by atoms with van der Waals surface area (Å²) in [5, 5.41) is 0. The number of rotatable bonds is 4. The van der Waals surface area contributed by atoms with Crippen molar-refractivity contribution >= 4 is 40.0 Å². The molecule has 0 unspecified atom stereocenters. The molecule has 0 nitrogen and oxygen atoms in total. The fraction of sp³-hybridized carbons (Fsp3) is 0. The van der Waals surface area contributed by atoms with Crippen molar-refractivity contribution in [1.29, 1.82) is 0 Å². The molecule has 0 radical (unpaired) electrons. The Morgan fingerprint density at radius 3 is 1.57 bits per heavy atom. The van der Waals surface area contributed by atoms with Gasteiger partial charge in [0.2, 0.25) is 0 Å². The molecule has 0 spiro atoms. The SMILES string of the molecule is Sc1ccc(SI(c2ccccc2)c2ccccc2)cc1. The summed E-state index contributed by atoms with van der Waals surface area (Å²) in [5.41, 5.74) is 0. The van der Waals surface area contributed by atoms with Crippen LogP contribution < -0.4 is 0 Å². The Kier molecular flexibility index (Phi) is 5.27. The van der Waals surface area contributed by atoms with Crippen molar-refractivity contribution in [2.75, 3.05) is 0 Å². The molecule has 106 valence electrons. The van der Waals surface area contributed by atoms with Gasteiger partial charge in [0.15, 0.2) is 0 Å². The first kappa shape index (κ1) is 15.0. The van der Waals surface area contributed by atoms with E-state index in [0.717, 1.165) is 4.90 Å². The molecule has 0 heterocycles. The molecule has 0 saturated carbocycles. The van der Waals surface area contributed by atoms with Crippen LogP contribution in [0.5, 0.6) is 0 Å². The second-order valence-electron chi connectivity index (χ2n) is 4.41. The standard InChI is InChI=1S/C18H15IS2/c20-17-11-13-18(14-12-17)21-19(15-7-3-1-4-8-15)16-9-5-2-6-10-16/h1-14,20H. The van der Waals surface area contributed by atoms with E-state index < -0.39 is 18.4 Å². The monoisotopic (exact) mass is 422 g/mol. The molecular formula is C18H15IS2. The first-order chi connectivity index (χ1) is 10.3. The molecule has 0 fully saturated rings. The first-order valence-electron chi connectivity index (χ1n) is 6.60. The van der Waals surface area contributed by atoms with Crippen LogP contribution in [0.25, 0.3) is 0 Å². The quantitative estimate of drug-likeness (QED) is 0.384. The van der Waals surface area contributed by atoms with Gasteiger partial charge in [-0.25, -0.2) is 0 Å². The van der Waals surface area contributed by atoms with Gasteiger partial charge in [-0.15, -0.1) is 0 Å². The van der Waals surface area contributed by atoms with Gasteiger partial charge >= 0.3 is 142 Å². The van der Waals surface area contributed by atoms with Crippen LogP contribution in [0.1, 0.15) is 0 Å². The van der Waals surface area contributed by atoms with Crippen molar-refractivity contribution in [3.05, 3.63) is 92.1 Å². The third-order valence-corrected chi connectivity index (χ3v) is 12.7. The van der Waals surface area contributed by atoms with E-state index in [0.29, 0.717) is 0 Å². The number of hydrogen-bond acceptors (Lipinski definition) is 2. The zero-order valence-electron chi connectivity index (χ0n) is 11.3. The molecule has 0 aliphatic heterocycles. The Morgan fingerprint density at radius 1 is 0.619 bits per heavy atom. The van der Waals surface area contributed by atoms with Gasteiger partial charge in [-0.3, -0.25) is 0 Å². The van der Waals surface area contributed by atoms with Crippen LogP contribution >= 0.6 is 40.0 Å². The van der Waals surface area contributed by atoms with E-state index in [1.165, 1.54) is 12.0 Å². The summed E-state index contributed by atoms with van der Waals surface area (Å²) in [7, 11) is 2.03. The summed E-state index contributed by atoms with van der Waals surface area (Å²) in [6.07, 6.45) is 0. The van der Waals surface area contributed by atoms with Crippen molar-refractivity contribution in [3.8, 4) is 0 Å². The summed E-state index contributed by atoms with van der Waals surface area (Å²) >= 11 is 2.86. The van der Waals surface area contributed by atoms with Crippen molar-refractivity contribution in [2.45, 2.75) is 9.79 Å². The van der Waals surface area contributed by atoms with E-state index in [-0.39, 0.29) is 0 Å². The van der Waals surface area contributed by atoms with E-state index in [1.807, 2.05) is 8.93 Å². The summed E-state index contributed by atoms with van der Waals surface area (Å²) in [6, 6.07) is 30.2. The number of benzene rings is 3. The van der Waals surface area contributed by atoms with Crippen LogP contribution in [-0.4, -0.2) is 0 Å². The number of halogens is 1. The van der Waals surface area contributed by atoms with Gasteiger partial charge in [0.05, 0.1) is 0 Å². The van der Waals surface area contributed by atoms with Crippen LogP contribution in [0.15, 0.2) is 94.7 Å². The Labute approximate surface area is 141 Å². The molecule has 0 aromatic heterocycles. The Bertz CT molecular complexity index is 642. The predicted molar refractivity (Wildman–Crippen MR) is 104 cm³/mol. The van der Waals surface area contributed by atoms with Crippen LogP contribution in [0.2, 0.25) is 0 Å². The summed E-state index contributed by atoms with van der Waals surface area (Å²) in [4.78, 5) is 2.34. The first-order valence-corrected chi connectivity index (χ1v) is 12.6. The minimum atomic E-state index is -1.51. The van der Waals surface area contributed by atoms with Crippen molar-refractivity contribution < 1.29 is 0 Å². The van der Waals surface area contributed by atoms with Crippen LogP contribution in [0.3, 0.4) is 0 Å². The molecule has 0 N–H and O–H groups in total. The van der Waals surface area contributed by atoms with Crippen LogP contribution in [-0.2, 0) is 0 Å². The average molecular weight is 422 g/mol. The molecule has 21 heavy (non-hydrogen) atoms. The fourth-order valence-corrected chi connectivity index (χ4v) is 10.8. The maximum atomic E-state index is 4.37. The van der Waals surface area contributed by atoms with Crippen molar-refractivity contribution in [2.24, 2.45) is 0 Å². The Balaban J connectivity index is 1.95. The van der Waals surface area contributed by atoms with Crippen molar-refractivity contribution in [1.82, 2.24) is 0 Å². The van der Waals surface area contributed by atoms with E-state index in [2.05, 4.69) is 97.6 Å². The molecule has 0 bridgehead atoms. The van der Waals surface area contributed by atoms with E-state index in [4.69, 9.17) is 0 Å². The second kappa shape index (κ2) is 7.38. The van der Waals surface area contributed by atoms with Gasteiger partial charge in [0.25, 0.3) is 0 Å². The zero-order chi connectivity index (χ0) is 14.5. The van der Waals surface area contributed by atoms with Crippen LogP contribution in [0.4, 0.5) is 0 Å². The fourth-order valence-electron chi connectivity index (χ4n) is 1.86. The van der Waals surface area contributed by atoms with Gasteiger partial charge in [0, 0.05) is 0 Å². The molecule has 3 aromatic carbocycles. The van der Waals surface area contributed by atoms with Gasteiger partial charge in [-0.05, 0) is 0 Å². The molecule has 3 rings (SSSR count). The summed E-state index contributed by atoms with van der Waals surface area (Å²) < 4.78 is 2.96. The number of thiol groups is 1. The predicted octanol–water partition coefficient (Wildman–Crippen LogP) is 6.23. The molecule has 0 amide bonds. The normalized spacial score (nSPS) is 11.2. The topological polar surface area (TPSA) is 0 Å². The third-order valence-electron chi connectivity index (χ3n) is 2.87. The zero-order valence-corrected chi connectivity index (χ0v) is 15.2. The minimum absolute atomic E-state index is 1.01. The van der Waals surface area contributed by atoms with E-state index in [9.17, 15) is 0 Å². The molecule has 0 aliphatic rings. The van der Waals surface area contributed by atoms with E-state index >= 15 is 0 Å². The van der Waals surface area contributed by atoms with Gasteiger partial charge in [-0.1, -0.05) is 0 Å². The molecule has 0 atom stereocenters. The average Bonchev–Trinajstić information content (AvgIpc) is 2.56. The Morgan fingerprint density at radius 2 is 1.10 bits per heavy atom. The van der Waals surface area contributed by atoms with Gasteiger partial charge < -0.3 is 0 Å². The summed E-state index contributed by atoms with van der Waals surface area (Å²) in [6.45, 7) is 0. The van der Waals surface area contributed by atoms with Gasteiger partial charge in [0.1, 0.15) is 0 Å². The molecule has 0 aliphatic carbocycles. The molecule has 0 saturated heterocycles. The maximum absolute atomic E-state index is 4.37. The Hall–Kier alpha value is -0.910. The third kappa shape index (κ3) is 4.05.